The van der Waals surface area contributed by atoms with E-state index in [2.05, 4.69) is 15.5 Å². The van der Waals surface area contributed by atoms with Crippen molar-refractivity contribution in [3.63, 3.8) is 0 Å². The fourth-order valence-electron chi connectivity index (χ4n) is 2.01. The van der Waals surface area contributed by atoms with Crippen molar-refractivity contribution < 1.29 is 4.92 Å². The number of nitrogens with zero attached hydrogens (tertiary/aromatic N) is 4. The molecule has 1 heterocycles. The summed E-state index contributed by atoms with van der Waals surface area (Å²) in [6, 6.07) is 16.1. The first-order chi connectivity index (χ1) is 12.2. The molecular weight excluding hydrogens is 358 g/mol. The van der Waals surface area contributed by atoms with E-state index in [0.29, 0.717) is 20.9 Å². The number of nitro benzene ring substituents is 1. The van der Waals surface area contributed by atoms with Crippen LogP contribution in [0.5, 0.6) is 0 Å². The van der Waals surface area contributed by atoms with Crippen molar-refractivity contribution in [2.75, 3.05) is 5.32 Å². The first-order valence-electron chi connectivity index (χ1n) is 7.13. The van der Waals surface area contributed by atoms with Crippen molar-refractivity contribution in [2.45, 2.75) is 15.8 Å². The lowest BCUT2D eigenvalue weighted by Gasteiger charge is -2.01. The van der Waals surface area contributed by atoms with Gasteiger partial charge in [-0.1, -0.05) is 41.7 Å². The third kappa shape index (κ3) is 4.32. The molecule has 0 saturated heterocycles. The quantitative estimate of drug-likeness (QED) is 0.515. The molecule has 7 nitrogen and oxygen atoms in total. The van der Waals surface area contributed by atoms with E-state index in [0.717, 1.165) is 17.3 Å². The van der Waals surface area contributed by atoms with E-state index in [1.54, 1.807) is 12.1 Å². The molecule has 1 aromatic heterocycles. The second-order valence-electron chi connectivity index (χ2n) is 4.87. The predicted molar refractivity (Wildman–Crippen MR) is 95.6 cm³/mol. The molecule has 3 rings (SSSR count). The summed E-state index contributed by atoms with van der Waals surface area (Å²) in [6.45, 7) is 0.622. The minimum Gasteiger partial charge on any atom is -0.356 e. The van der Waals surface area contributed by atoms with E-state index in [-0.39, 0.29) is 11.3 Å². The fraction of sp³-hybridized carbons (Fsp3) is 0.0625. The van der Waals surface area contributed by atoms with Gasteiger partial charge in [0.25, 0.3) is 5.69 Å². The Balaban J connectivity index is 1.71. The largest absolute Gasteiger partial charge is 0.356 e. The standard InChI is InChI=1S/C16H11N5O2S2/c17-9-12-6-7-14(13(8-12)21(22)23)24-16-20-19-15(25-16)18-10-11-4-2-1-3-5-11/h1-8H,10H2,(H,18,19). The summed E-state index contributed by atoms with van der Waals surface area (Å²) in [5.41, 5.74) is 1.26. The molecule has 3 aromatic rings. The minimum absolute atomic E-state index is 0.113. The van der Waals surface area contributed by atoms with Crippen molar-refractivity contribution in [3.05, 3.63) is 69.8 Å². The Morgan fingerprint density at radius 1 is 1.24 bits per heavy atom. The molecule has 25 heavy (non-hydrogen) atoms. The third-order valence-electron chi connectivity index (χ3n) is 3.18. The van der Waals surface area contributed by atoms with Crippen molar-refractivity contribution in [1.82, 2.24) is 10.2 Å². The number of hydrogen-bond acceptors (Lipinski definition) is 8. The van der Waals surface area contributed by atoms with E-state index in [1.807, 2.05) is 36.4 Å². The second-order valence-corrected chi connectivity index (χ2v) is 7.13. The zero-order chi connectivity index (χ0) is 17.6. The molecule has 0 radical (unpaired) electrons. The van der Waals surface area contributed by atoms with Gasteiger partial charge in [-0.2, -0.15) is 5.26 Å². The van der Waals surface area contributed by atoms with E-state index in [1.165, 1.54) is 17.4 Å². The summed E-state index contributed by atoms with van der Waals surface area (Å²) < 4.78 is 0.586. The average molecular weight is 369 g/mol. The van der Waals surface area contributed by atoms with Gasteiger partial charge in [-0.15, -0.1) is 10.2 Å². The van der Waals surface area contributed by atoms with Gasteiger partial charge in [0.15, 0.2) is 4.34 Å². The number of nitro groups is 1. The Labute approximate surface area is 151 Å². The Morgan fingerprint density at radius 2 is 2.04 bits per heavy atom. The van der Waals surface area contributed by atoms with Crippen LogP contribution in [-0.4, -0.2) is 15.1 Å². The van der Waals surface area contributed by atoms with Gasteiger partial charge in [-0.25, -0.2) is 0 Å². The molecule has 0 aliphatic heterocycles. The summed E-state index contributed by atoms with van der Waals surface area (Å²) in [5, 5.41) is 32.0. The number of hydrogen-bond donors (Lipinski definition) is 1. The van der Waals surface area contributed by atoms with Crippen molar-refractivity contribution in [1.29, 1.82) is 5.26 Å². The number of nitrogens with one attached hydrogen (secondary N) is 1. The molecule has 0 aliphatic carbocycles. The summed E-state index contributed by atoms with van der Waals surface area (Å²) in [7, 11) is 0. The first kappa shape index (κ1) is 16.9. The van der Waals surface area contributed by atoms with Gasteiger partial charge >= 0.3 is 0 Å². The van der Waals surface area contributed by atoms with Crippen molar-refractivity contribution in [2.24, 2.45) is 0 Å². The third-order valence-corrected chi connectivity index (χ3v) is 5.17. The van der Waals surface area contributed by atoms with Crippen molar-refractivity contribution in [3.8, 4) is 6.07 Å². The van der Waals surface area contributed by atoms with Crippen LogP contribution in [0, 0.1) is 21.4 Å². The van der Waals surface area contributed by atoms with Gasteiger partial charge < -0.3 is 5.32 Å². The number of anilines is 1. The molecule has 0 atom stereocenters. The smallest absolute Gasteiger partial charge is 0.284 e. The van der Waals surface area contributed by atoms with Gasteiger partial charge in [-0.3, -0.25) is 10.1 Å². The molecule has 0 spiro atoms. The summed E-state index contributed by atoms with van der Waals surface area (Å²) >= 11 is 2.48. The van der Waals surface area contributed by atoms with Gasteiger partial charge in [0.05, 0.1) is 21.5 Å². The topological polar surface area (TPSA) is 105 Å². The molecule has 0 amide bonds. The molecule has 0 aliphatic rings. The average Bonchev–Trinajstić information content (AvgIpc) is 3.08. The number of rotatable bonds is 6. The van der Waals surface area contributed by atoms with Crippen LogP contribution in [0.25, 0.3) is 0 Å². The summed E-state index contributed by atoms with van der Waals surface area (Å²) in [6.07, 6.45) is 0. The van der Waals surface area contributed by atoms with Crippen LogP contribution in [0.15, 0.2) is 57.8 Å². The molecule has 0 bridgehead atoms. The highest BCUT2D eigenvalue weighted by atomic mass is 32.2. The SMILES string of the molecule is N#Cc1ccc(Sc2nnc(NCc3ccccc3)s2)c([N+](=O)[O-])c1. The highest BCUT2D eigenvalue weighted by Gasteiger charge is 2.17. The normalized spacial score (nSPS) is 10.2. The number of nitriles is 1. The van der Waals surface area contributed by atoms with E-state index in [9.17, 15) is 10.1 Å². The van der Waals surface area contributed by atoms with Crippen LogP contribution in [-0.2, 0) is 6.54 Å². The maximum Gasteiger partial charge on any atom is 0.284 e. The highest BCUT2D eigenvalue weighted by Crippen LogP contribution is 2.37. The predicted octanol–water partition coefficient (Wildman–Crippen LogP) is 4.08. The fourth-order valence-corrected chi connectivity index (χ4v) is 3.80. The molecule has 0 saturated carbocycles. The van der Waals surface area contributed by atoms with Gasteiger partial charge in [0.1, 0.15) is 0 Å². The Morgan fingerprint density at radius 3 is 2.76 bits per heavy atom. The zero-order valence-corrected chi connectivity index (χ0v) is 14.4. The van der Waals surface area contributed by atoms with Crippen LogP contribution >= 0.6 is 23.1 Å². The van der Waals surface area contributed by atoms with E-state index < -0.39 is 4.92 Å². The molecule has 0 fully saturated rings. The number of benzene rings is 2. The highest BCUT2D eigenvalue weighted by molar-refractivity contribution is 8.01. The molecule has 124 valence electrons. The number of aromatic nitrogens is 2. The first-order valence-corrected chi connectivity index (χ1v) is 8.76. The van der Waals surface area contributed by atoms with Crippen LogP contribution in [0.4, 0.5) is 10.8 Å². The van der Waals surface area contributed by atoms with Crippen molar-refractivity contribution >= 4 is 33.9 Å². The van der Waals surface area contributed by atoms with Crippen LogP contribution < -0.4 is 5.32 Å². The monoisotopic (exact) mass is 369 g/mol. The molecule has 9 heteroatoms. The summed E-state index contributed by atoms with van der Waals surface area (Å²) in [5.74, 6) is 0. The Bertz CT molecular complexity index is 937. The lowest BCUT2D eigenvalue weighted by Crippen LogP contribution is -1.98. The molecule has 1 N–H and O–H groups in total. The lowest BCUT2D eigenvalue weighted by atomic mass is 10.2. The Kier molecular flexibility index (Phi) is 5.23. The van der Waals surface area contributed by atoms with Gasteiger partial charge in [0.2, 0.25) is 5.13 Å². The van der Waals surface area contributed by atoms with Crippen LogP contribution in [0.3, 0.4) is 0 Å². The molecular formula is C16H11N5O2S2. The van der Waals surface area contributed by atoms with Gasteiger partial charge in [0, 0.05) is 12.6 Å². The lowest BCUT2D eigenvalue weighted by molar-refractivity contribution is -0.387. The molecule has 2 aromatic carbocycles. The van der Waals surface area contributed by atoms with Crippen LogP contribution in [0.1, 0.15) is 11.1 Å². The maximum absolute atomic E-state index is 11.2. The Hall–Kier alpha value is -2.96. The maximum atomic E-state index is 11.2. The van der Waals surface area contributed by atoms with Gasteiger partial charge in [-0.05, 0) is 29.5 Å². The minimum atomic E-state index is -0.501. The zero-order valence-electron chi connectivity index (χ0n) is 12.7. The van der Waals surface area contributed by atoms with E-state index >= 15 is 0 Å². The second kappa shape index (κ2) is 7.74. The molecule has 0 unspecified atom stereocenters. The summed E-state index contributed by atoms with van der Waals surface area (Å²) in [4.78, 5) is 11.1. The van der Waals surface area contributed by atoms with E-state index in [4.69, 9.17) is 5.26 Å². The van der Waals surface area contributed by atoms with Crippen LogP contribution in [0.2, 0.25) is 0 Å².